The van der Waals surface area contributed by atoms with Crippen LogP contribution in [0.4, 0.5) is 0 Å². The van der Waals surface area contributed by atoms with Gasteiger partial charge in [-0.1, -0.05) is 18.2 Å². The van der Waals surface area contributed by atoms with Gasteiger partial charge < -0.3 is 15.4 Å². The number of hydrogen-bond acceptors (Lipinski definition) is 5. The summed E-state index contributed by atoms with van der Waals surface area (Å²) in [7, 11) is -3.42. The Labute approximate surface area is 148 Å². The fourth-order valence-electron chi connectivity index (χ4n) is 3.19. The monoisotopic (exact) mass is 367 g/mol. The van der Waals surface area contributed by atoms with E-state index in [1.165, 1.54) is 4.31 Å². The van der Waals surface area contributed by atoms with Crippen molar-refractivity contribution in [1.82, 2.24) is 14.9 Å². The lowest BCUT2D eigenvalue weighted by Crippen LogP contribution is -2.49. The van der Waals surface area contributed by atoms with Gasteiger partial charge in [0, 0.05) is 32.7 Å². The van der Waals surface area contributed by atoms with Gasteiger partial charge in [-0.05, 0) is 30.9 Å². The van der Waals surface area contributed by atoms with Crippen molar-refractivity contribution in [3.63, 3.8) is 0 Å². The largest absolute Gasteiger partial charge is 0.366 e. The van der Waals surface area contributed by atoms with E-state index in [2.05, 4.69) is 10.6 Å². The molecule has 1 unspecified atom stereocenters. The van der Waals surface area contributed by atoms with Crippen molar-refractivity contribution in [2.45, 2.75) is 23.8 Å². The van der Waals surface area contributed by atoms with E-state index >= 15 is 0 Å². The van der Waals surface area contributed by atoms with Crippen LogP contribution in [0.5, 0.6) is 0 Å². The molecule has 0 spiro atoms. The molecule has 138 valence electrons. The van der Waals surface area contributed by atoms with Gasteiger partial charge in [0.1, 0.15) is 6.10 Å². The number of carbonyl (C=O) groups excluding carboxylic acids is 1. The van der Waals surface area contributed by atoms with E-state index in [9.17, 15) is 13.2 Å². The Hall–Kier alpha value is -1.48. The molecule has 8 heteroatoms. The molecule has 1 amide bonds. The maximum absolute atomic E-state index is 12.6. The first-order valence-electron chi connectivity index (χ1n) is 8.72. The first-order valence-corrected chi connectivity index (χ1v) is 10.2. The van der Waals surface area contributed by atoms with E-state index in [0.29, 0.717) is 43.6 Å². The lowest BCUT2D eigenvalue weighted by Gasteiger charge is -2.31. The smallest absolute Gasteiger partial charge is 0.250 e. The normalized spacial score (nSPS) is 23.3. The highest BCUT2D eigenvalue weighted by molar-refractivity contribution is 7.89. The molecule has 2 aliphatic heterocycles. The Bertz CT molecular complexity index is 666. The molecule has 0 aromatic heterocycles. The molecule has 2 aliphatic rings. The molecular formula is C17H25N3O4S. The molecule has 0 saturated carbocycles. The number of rotatable bonds is 5. The maximum atomic E-state index is 12.6. The van der Waals surface area contributed by atoms with E-state index in [0.717, 1.165) is 19.4 Å². The summed E-state index contributed by atoms with van der Waals surface area (Å²) in [5.74, 6) is 0.203. The number of nitrogens with one attached hydrogen (secondary N) is 2. The summed E-state index contributed by atoms with van der Waals surface area (Å²) in [6, 6.07) is 8.52. The van der Waals surface area contributed by atoms with Gasteiger partial charge in [0.2, 0.25) is 15.9 Å². The second kappa shape index (κ2) is 8.27. The van der Waals surface area contributed by atoms with Gasteiger partial charge in [0.15, 0.2) is 0 Å². The summed E-state index contributed by atoms with van der Waals surface area (Å²) in [5.41, 5.74) is 0. The Morgan fingerprint density at radius 3 is 2.60 bits per heavy atom. The molecular weight excluding hydrogens is 342 g/mol. The average Bonchev–Trinajstić information content (AvgIpc) is 2.68. The van der Waals surface area contributed by atoms with Crippen molar-refractivity contribution in [2.24, 2.45) is 5.92 Å². The third kappa shape index (κ3) is 4.58. The van der Waals surface area contributed by atoms with Gasteiger partial charge in [0.05, 0.1) is 11.5 Å². The van der Waals surface area contributed by atoms with Gasteiger partial charge in [0.25, 0.3) is 0 Å². The first kappa shape index (κ1) is 18.3. The average molecular weight is 367 g/mol. The third-order valence-corrected chi connectivity index (χ3v) is 6.65. The van der Waals surface area contributed by atoms with Crippen molar-refractivity contribution in [3.8, 4) is 0 Å². The fraction of sp³-hybridized carbons (Fsp3) is 0.588. The lowest BCUT2D eigenvalue weighted by atomic mass is 9.98. The summed E-state index contributed by atoms with van der Waals surface area (Å²) in [6.45, 7) is 3.40. The van der Waals surface area contributed by atoms with Gasteiger partial charge in [-0.25, -0.2) is 8.42 Å². The SMILES string of the molecule is O=C(NCC1CCN(S(=O)(=O)c2ccccc2)CC1)C1CNCCO1. The second-order valence-electron chi connectivity index (χ2n) is 6.47. The highest BCUT2D eigenvalue weighted by atomic mass is 32.2. The highest BCUT2D eigenvalue weighted by Crippen LogP contribution is 2.23. The lowest BCUT2D eigenvalue weighted by molar-refractivity contribution is -0.134. The predicted octanol–water partition coefficient (Wildman–Crippen LogP) is 0.192. The van der Waals surface area contributed by atoms with Crippen LogP contribution in [0.1, 0.15) is 12.8 Å². The van der Waals surface area contributed by atoms with Crippen LogP contribution in [0.3, 0.4) is 0 Å². The summed E-state index contributed by atoms with van der Waals surface area (Å²) < 4.78 is 32.2. The number of benzene rings is 1. The molecule has 0 bridgehead atoms. The predicted molar refractivity (Wildman–Crippen MR) is 93.5 cm³/mol. The number of morpholine rings is 1. The molecule has 2 N–H and O–H groups in total. The number of piperidine rings is 1. The van der Waals surface area contributed by atoms with Crippen LogP contribution in [-0.4, -0.2) is 64.1 Å². The minimum absolute atomic E-state index is 0.0912. The number of sulfonamides is 1. The molecule has 7 nitrogen and oxygen atoms in total. The van der Waals surface area contributed by atoms with Crippen molar-refractivity contribution in [1.29, 1.82) is 0 Å². The summed E-state index contributed by atoms with van der Waals surface area (Å²) in [6.07, 6.45) is 1.07. The van der Waals surface area contributed by atoms with Gasteiger partial charge in [-0.15, -0.1) is 0 Å². The molecule has 1 aromatic carbocycles. The Morgan fingerprint density at radius 2 is 1.96 bits per heavy atom. The van der Waals surface area contributed by atoms with Gasteiger partial charge in [-0.2, -0.15) is 4.31 Å². The van der Waals surface area contributed by atoms with Crippen molar-refractivity contribution in [3.05, 3.63) is 30.3 Å². The van der Waals surface area contributed by atoms with Crippen LogP contribution in [-0.2, 0) is 19.6 Å². The number of amides is 1. The van der Waals surface area contributed by atoms with E-state index in [-0.39, 0.29) is 5.91 Å². The van der Waals surface area contributed by atoms with Crippen molar-refractivity contribution in [2.75, 3.05) is 39.3 Å². The zero-order valence-electron chi connectivity index (χ0n) is 14.2. The molecule has 25 heavy (non-hydrogen) atoms. The summed E-state index contributed by atoms with van der Waals surface area (Å²) in [4.78, 5) is 12.4. The number of hydrogen-bond donors (Lipinski definition) is 2. The highest BCUT2D eigenvalue weighted by Gasteiger charge is 2.30. The van der Waals surface area contributed by atoms with Crippen molar-refractivity contribution < 1.29 is 17.9 Å². The fourth-order valence-corrected chi connectivity index (χ4v) is 4.68. The third-order valence-electron chi connectivity index (χ3n) is 4.74. The molecule has 2 fully saturated rings. The minimum atomic E-state index is -3.42. The van der Waals surface area contributed by atoms with Crippen molar-refractivity contribution >= 4 is 15.9 Å². The quantitative estimate of drug-likeness (QED) is 0.776. The van der Waals surface area contributed by atoms with Gasteiger partial charge >= 0.3 is 0 Å². The van der Waals surface area contributed by atoms with E-state index < -0.39 is 16.1 Å². The Morgan fingerprint density at radius 1 is 1.24 bits per heavy atom. The molecule has 2 saturated heterocycles. The standard InChI is InChI=1S/C17H25N3O4S/c21-17(16-13-18-8-11-24-16)19-12-14-6-9-20(10-7-14)25(22,23)15-4-2-1-3-5-15/h1-5,14,16,18H,6-13H2,(H,19,21). The van der Waals surface area contributed by atoms with E-state index in [1.807, 2.05) is 0 Å². The zero-order valence-corrected chi connectivity index (χ0v) is 15.0. The van der Waals surface area contributed by atoms with Crippen LogP contribution >= 0.6 is 0 Å². The Balaban J connectivity index is 1.46. The molecule has 2 heterocycles. The number of nitrogens with zero attached hydrogens (tertiary/aromatic N) is 1. The van der Waals surface area contributed by atoms with E-state index in [1.54, 1.807) is 30.3 Å². The van der Waals surface area contributed by atoms with Crippen LogP contribution in [0.2, 0.25) is 0 Å². The molecule has 0 radical (unpaired) electrons. The van der Waals surface area contributed by atoms with Crippen LogP contribution < -0.4 is 10.6 Å². The molecule has 0 aliphatic carbocycles. The number of ether oxygens (including phenoxy) is 1. The number of carbonyl (C=O) groups is 1. The van der Waals surface area contributed by atoms with Gasteiger partial charge in [-0.3, -0.25) is 4.79 Å². The second-order valence-corrected chi connectivity index (χ2v) is 8.41. The zero-order chi connectivity index (χ0) is 17.7. The van der Waals surface area contributed by atoms with Crippen LogP contribution in [0.25, 0.3) is 0 Å². The van der Waals surface area contributed by atoms with Crippen LogP contribution in [0.15, 0.2) is 35.2 Å². The molecule has 3 rings (SSSR count). The van der Waals surface area contributed by atoms with Crippen LogP contribution in [0, 0.1) is 5.92 Å². The Kier molecular flexibility index (Phi) is 6.06. The van der Waals surface area contributed by atoms with E-state index in [4.69, 9.17) is 4.74 Å². The molecule has 1 atom stereocenters. The maximum Gasteiger partial charge on any atom is 0.250 e. The molecule has 1 aromatic rings. The topological polar surface area (TPSA) is 87.7 Å². The minimum Gasteiger partial charge on any atom is -0.366 e. The first-order chi connectivity index (χ1) is 12.1. The summed E-state index contributed by atoms with van der Waals surface area (Å²) >= 11 is 0. The summed E-state index contributed by atoms with van der Waals surface area (Å²) in [5, 5.41) is 6.07.